The van der Waals surface area contributed by atoms with Crippen LogP contribution in [0.4, 0.5) is 0 Å². The zero-order chi connectivity index (χ0) is 11.5. The van der Waals surface area contributed by atoms with Gasteiger partial charge in [0, 0.05) is 33.9 Å². The Balaban J connectivity index is 2.48. The van der Waals surface area contributed by atoms with Crippen LogP contribution in [0.5, 0.6) is 0 Å². The lowest BCUT2D eigenvalue weighted by Gasteiger charge is -2.06. The number of thioether (sulfide) groups is 1. The maximum absolute atomic E-state index is 6.01. The Hall–Kier alpha value is -0.600. The summed E-state index contributed by atoms with van der Waals surface area (Å²) >= 11 is 7.97. The summed E-state index contributed by atoms with van der Waals surface area (Å²) < 4.78 is 2.37. The van der Waals surface area contributed by atoms with E-state index in [0.29, 0.717) is 0 Å². The van der Waals surface area contributed by atoms with E-state index in [1.54, 1.807) is 0 Å². The fraction of sp³-hybridized carbons (Fsp3) is 0.385. The highest BCUT2D eigenvalue weighted by Crippen LogP contribution is 2.25. The summed E-state index contributed by atoms with van der Waals surface area (Å²) in [4.78, 5) is 0. The molecule has 0 amide bonds. The molecule has 1 aromatic heterocycles. The quantitative estimate of drug-likeness (QED) is 0.773. The van der Waals surface area contributed by atoms with Gasteiger partial charge in [-0.2, -0.15) is 11.8 Å². The topological polar surface area (TPSA) is 4.93 Å². The molecule has 1 nitrogen and oxygen atoms in total. The highest BCUT2D eigenvalue weighted by Gasteiger charge is 2.07. The van der Waals surface area contributed by atoms with Crippen molar-refractivity contribution in [2.75, 3.05) is 5.75 Å². The Morgan fingerprint density at radius 2 is 2.06 bits per heavy atom. The summed E-state index contributed by atoms with van der Waals surface area (Å²) in [6.07, 6.45) is 0. The molecule has 0 N–H and O–H groups in total. The lowest BCUT2D eigenvalue weighted by atomic mass is 10.2. The van der Waals surface area contributed by atoms with Crippen molar-refractivity contribution in [3.05, 3.63) is 35.0 Å². The first-order chi connectivity index (χ1) is 7.76. The normalized spacial score (nSPS) is 11.2. The van der Waals surface area contributed by atoms with E-state index in [-0.39, 0.29) is 0 Å². The molecule has 0 fully saturated rings. The first-order valence-electron chi connectivity index (χ1n) is 5.61. The summed E-state index contributed by atoms with van der Waals surface area (Å²) in [6.45, 7) is 5.40. The fourth-order valence-corrected chi connectivity index (χ4v) is 2.83. The molecule has 0 bridgehead atoms. The average molecular weight is 254 g/mol. The zero-order valence-corrected chi connectivity index (χ0v) is 11.2. The molecule has 0 saturated carbocycles. The van der Waals surface area contributed by atoms with Crippen molar-refractivity contribution in [2.24, 2.45) is 0 Å². The maximum atomic E-state index is 6.01. The summed E-state index contributed by atoms with van der Waals surface area (Å²) in [5, 5.41) is 2.07. The molecule has 86 valence electrons. The Kier molecular flexibility index (Phi) is 3.82. The van der Waals surface area contributed by atoms with Crippen molar-refractivity contribution in [3.63, 3.8) is 0 Å². The Bertz CT molecular complexity index is 490. The van der Waals surface area contributed by atoms with Gasteiger partial charge in [0.2, 0.25) is 0 Å². The molecule has 0 saturated heterocycles. The van der Waals surface area contributed by atoms with E-state index in [1.807, 2.05) is 23.9 Å². The van der Waals surface area contributed by atoms with Gasteiger partial charge in [-0.05, 0) is 36.9 Å². The molecule has 0 radical (unpaired) electrons. The number of benzene rings is 1. The molecule has 2 rings (SSSR count). The molecule has 0 aliphatic heterocycles. The SMILES string of the molecule is CCSCc1cc2cc(Cl)ccc2n1CC. The second-order valence-electron chi connectivity index (χ2n) is 3.72. The van der Waals surface area contributed by atoms with E-state index in [9.17, 15) is 0 Å². The van der Waals surface area contributed by atoms with Crippen molar-refractivity contribution in [2.45, 2.75) is 26.1 Å². The predicted molar refractivity (Wildman–Crippen MR) is 74.5 cm³/mol. The van der Waals surface area contributed by atoms with Crippen LogP contribution in [0.3, 0.4) is 0 Å². The van der Waals surface area contributed by atoms with Gasteiger partial charge >= 0.3 is 0 Å². The van der Waals surface area contributed by atoms with Crippen LogP contribution < -0.4 is 0 Å². The Morgan fingerprint density at radius 3 is 2.75 bits per heavy atom. The van der Waals surface area contributed by atoms with Gasteiger partial charge in [-0.3, -0.25) is 0 Å². The summed E-state index contributed by atoms with van der Waals surface area (Å²) in [5.74, 6) is 2.24. The predicted octanol–water partition coefficient (Wildman–Crippen LogP) is 4.57. The molecule has 1 heterocycles. The van der Waals surface area contributed by atoms with Crippen LogP contribution in [0.1, 0.15) is 19.5 Å². The number of aryl methyl sites for hydroxylation is 1. The fourth-order valence-electron chi connectivity index (χ4n) is 2.00. The van der Waals surface area contributed by atoms with E-state index in [4.69, 9.17) is 11.6 Å². The molecule has 0 aliphatic carbocycles. The van der Waals surface area contributed by atoms with Crippen molar-refractivity contribution in [3.8, 4) is 0 Å². The van der Waals surface area contributed by atoms with Crippen LogP contribution in [0, 0.1) is 0 Å². The summed E-state index contributed by atoms with van der Waals surface area (Å²) in [7, 11) is 0. The van der Waals surface area contributed by atoms with E-state index in [1.165, 1.54) is 16.6 Å². The van der Waals surface area contributed by atoms with E-state index >= 15 is 0 Å². The van der Waals surface area contributed by atoms with Crippen molar-refractivity contribution in [1.29, 1.82) is 0 Å². The van der Waals surface area contributed by atoms with Crippen LogP contribution in [0.15, 0.2) is 24.3 Å². The molecule has 3 heteroatoms. The largest absolute Gasteiger partial charge is 0.344 e. The van der Waals surface area contributed by atoms with Gasteiger partial charge in [0.1, 0.15) is 0 Å². The third-order valence-corrected chi connectivity index (χ3v) is 3.86. The van der Waals surface area contributed by atoms with Gasteiger partial charge in [-0.25, -0.2) is 0 Å². The number of aromatic nitrogens is 1. The maximum Gasteiger partial charge on any atom is 0.0483 e. The first kappa shape index (κ1) is 11.9. The molecule has 16 heavy (non-hydrogen) atoms. The van der Waals surface area contributed by atoms with Gasteiger partial charge in [0.15, 0.2) is 0 Å². The van der Waals surface area contributed by atoms with Gasteiger partial charge < -0.3 is 4.57 Å². The highest BCUT2D eigenvalue weighted by atomic mass is 35.5. The van der Waals surface area contributed by atoms with E-state index < -0.39 is 0 Å². The minimum atomic E-state index is 0.815. The zero-order valence-electron chi connectivity index (χ0n) is 9.66. The second-order valence-corrected chi connectivity index (χ2v) is 5.43. The van der Waals surface area contributed by atoms with Crippen LogP contribution in [-0.2, 0) is 12.3 Å². The Labute approximate surface area is 106 Å². The third kappa shape index (κ3) is 2.23. The molecule has 0 atom stereocenters. The van der Waals surface area contributed by atoms with Gasteiger partial charge in [-0.15, -0.1) is 0 Å². The molecule has 0 aliphatic rings. The van der Waals surface area contributed by atoms with E-state index in [2.05, 4.69) is 30.5 Å². The summed E-state index contributed by atoms with van der Waals surface area (Å²) in [5.41, 5.74) is 2.69. The van der Waals surface area contributed by atoms with Gasteiger partial charge in [0.05, 0.1) is 0 Å². The number of hydrogen-bond acceptors (Lipinski definition) is 1. The second kappa shape index (κ2) is 5.15. The average Bonchev–Trinajstić information content (AvgIpc) is 2.62. The van der Waals surface area contributed by atoms with E-state index in [0.717, 1.165) is 23.1 Å². The van der Waals surface area contributed by atoms with Crippen LogP contribution in [0.25, 0.3) is 10.9 Å². The number of halogens is 1. The lowest BCUT2D eigenvalue weighted by molar-refractivity contribution is 0.765. The number of rotatable bonds is 4. The summed E-state index contributed by atoms with van der Waals surface area (Å²) in [6, 6.07) is 8.38. The van der Waals surface area contributed by atoms with Crippen molar-refractivity contribution < 1.29 is 0 Å². The van der Waals surface area contributed by atoms with Gasteiger partial charge in [0.25, 0.3) is 0 Å². The molecular formula is C13H16ClNS. The monoisotopic (exact) mass is 253 g/mol. The highest BCUT2D eigenvalue weighted by molar-refractivity contribution is 7.98. The standard InChI is InChI=1S/C13H16ClNS/c1-3-15-12(9-16-4-2)8-10-7-11(14)5-6-13(10)15/h5-8H,3-4,9H2,1-2H3. The van der Waals surface area contributed by atoms with Crippen LogP contribution >= 0.6 is 23.4 Å². The Morgan fingerprint density at radius 1 is 1.25 bits per heavy atom. The molecule has 0 unspecified atom stereocenters. The van der Waals surface area contributed by atoms with Crippen LogP contribution in [0.2, 0.25) is 5.02 Å². The number of hydrogen-bond donors (Lipinski definition) is 0. The molecule has 2 aromatic rings. The lowest BCUT2D eigenvalue weighted by Crippen LogP contribution is -1.98. The minimum Gasteiger partial charge on any atom is -0.344 e. The van der Waals surface area contributed by atoms with Gasteiger partial charge in [-0.1, -0.05) is 18.5 Å². The number of fused-ring (bicyclic) bond motifs is 1. The van der Waals surface area contributed by atoms with Crippen LogP contribution in [-0.4, -0.2) is 10.3 Å². The van der Waals surface area contributed by atoms with Crippen molar-refractivity contribution >= 4 is 34.3 Å². The molecule has 1 aromatic carbocycles. The molecular weight excluding hydrogens is 238 g/mol. The number of nitrogens with zero attached hydrogens (tertiary/aromatic N) is 1. The smallest absolute Gasteiger partial charge is 0.0483 e. The molecule has 0 spiro atoms. The third-order valence-electron chi connectivity index (χ3n) is 2.72. The van der Waals surface area contributed by atoms with Crippen molar-refractivity contribution in [1.82, 2.24) is 4.57 Å². The first-order valence-corrected chi connectivity index (χ1v) is 7.15. The minimum absolute atomic E-state index is 0.815.